The molecule has 1 unspecified atom stereocenters. The second-order valence-corrected chi connectivity index (χ2v) is 5.81. The van der Waals surface area contributed by atoms with E-state index in [0.29, 0.717) is 5.56 Å². The van der Waals surface area contributed by atoms with E-state index in [1.807, 2.05) is 0 Å². The van der Waals surface area contributed by atoms with E-state index >= 15 is 0 Å². The lowest BCUT2D eigenvalue weighted by atomic mass is 10.0. The number of ether oxygens (including phenoxy) is 1. The highest BCUT2D eigenvalue weighted by Crippen LogP contribution is 2.42. The summed E-state index contributed by atoms with van der Waals surface area (Å²) in [5.41, 5.74) is -0.820. The summed E-state index contributed by atoms with van der Waals surface area (Å²) in [7, 11) is 0. The number of fused-ring (bicyclic) bond motifs is 1. The molecule has 3 amide bonds. The molecule has 0 spiro atoms. The molecule has 3 rings (SSSR count). The Balaban J connectivity index is 2.00. The lowest BCUT2D eigenvalue weighted by molar-refractivity contribution is -0.139. The van der Waals surface area contributed by atoms with Crippen LogP contribution in [-0.2, 0) is 22.3 Å². The Bertz CT molecular complexity index is 760. The molecule has 1 fully saturated rings. The molecule has 134 valence electrons. The predicted molar refractivity (Wildman–Crippen MR) is 78.7 cm³/mol. The summed E-state index contributed by atoms with van der Waals surface area (Å²) in [6.45, 7) is 1.49. The van der Waals surface area contributed by atoms with Gasteiger partial charge >= 0.3 is 6.18 Å². The number of nitrogens with zero attached hydrogens (tertiary/aromatic N) is 1. The van der Waals surface area contributed by atoms with Crippen molar-refractivity contribution in [2.24, 2.45) is 0 Å². The summed E-state index contributed by atoms with van der Waals surface area (Å²) in [5, 5.41) is 2.15. The zero-order valence-electron chi connectivity index (χ0n) is 13.3. The van der Waals surface area contributed by atoms with Gasteiger partial charge in [0.2, 0.25) is 11.8 Å². The van der Waals surface area contributed by atoms with Crippen LogP contribution in [0.4, 0.5) is 13.2 Å². The summed E-state index contributed by atoms with van der Waals surface area (Å²) < 4.78 is 44.8. The predicted octanol–water partition coefficient (Wildman–Crippen LogP) is 1.87. The fourth-order valence-electron chi connectivity index (χ4n) is 3.14. The number of alkyl halides is 3. The standard InChI is InChI=1S/C16H15F3N2O4/c1-2-25-13-9(16(17,18)19)4-3-8-7-21(15(24)12(8)13)10-5-6-11(22)20-14(10)23/h3-4,10H,2,5-7H2,1H3,(H,20,22,23). The van der Waals surface area contributed by atoms with Crippen LogP contribution in [0, 0.1) is 0 Å². The summed E-state index contributed by atoms with van der Waals surface area (Å²) in [6, 6.07) is 1.22. The number of nitrogens with one attached hydrogen (secondary N) is 1. The van der Waals surface area contributed by atoms with Crippen LogP contribution in [0.1, 0.15) is 41.3 Å². The molecule has 2 heterocycles. The molecule has 1 aromatic carbocycles. The van der Waals surface area contributed by atoms with Gasteiger partial charge in [0, 0.05) is 13.0 Å². The normalized spacial score (nSPS) is 20.6. The fraction of sp³-hybridized carbons (Fsp3) is 0.438. The maximum absolute atomic E-state index is 13.2. The molecular formula is C16H15F3N2O4. The highest BCUT2D eigenvalue weighted by atomic mass is 19.4. The number of carbonyl (C=O) groups is 3. The summed E-state index contributed by atoms with van der Waals surface area (Å²) in [5.74, 6) is -2.25. The van der Waals surface area contributed by atoms with Gasteiger partial charge in [-0.3, -0.25) is 19.7 Å². The Kier molecular flexibility index (Phi) is 4.18. The molecule has 6 nitrogen and oxygen atoms in total. The SMILES string of the molecule is CCOc1c(C(F)(F)F)ccc2c1C(=O)N(C1CCC(=O)NC1=O)C2. The van der Waals surface area contributed by atoms with Crippen LogP contribution >= 0.6 is 0 Å². The first-order valence-electron chi connectivity index (χ1n) is 7.74. The molecule has 0 aromatic heterocycles. The topological polar surface area (TPSA) is 75.7 Å². The van der Waals surface area contributed by atoms with Crippen molar-refractivity contribution in [2.45, 2.75) is 38.5 Å². The van der Waals surface area contributed by atoms with E-state index < -0.39 is 41.3 Å². The third-order valence-electron chi connectivity index (χ3n) is 4.24. The van der Waals surface area contributed by atoms with Gasteiger partial charge in [-0.15, -0.1) is 0 Å². The molecule has 1 saturated heterocycles. The van der Waals surface area contributed by atoms with Gasteiger partial charge in [-0.2, -0.15) is 13.2 Å². The van der Waals surface area contributed by atoms with E-state index in [4.69, 9.17) is 4.74 Å². The Morgan fingerprint density at radius 2 is 2.00 bits per heavy atom. The zero-order valence-corrected chi connectivity index (χ0v) is 13.3. The second-order valence-electron chi connectivity index (χ2n) is 5.81. The molecule has 0 radical (unpaired) electrons. The molecule has 0 saturated carbocycles. The molecule has 0 bridgehead atoms. The smallest absolute Gasteiger partial charge is 0.419 e. The Morgan fingerprint density at radius 3 is 2.60 bits per heavy atom. The van der Waals surface area contributed by atoms with Crippen LogP contribution in [0.2, 0.25) is 0 Å². The van der Waals surface area contributed by atoms with Crippen molar-refractivity contribution < 1.29 is 32.3 Å². The Hall–Kier alpha value is -2.58. The van der Waals surface area contributed by atoms with Crippen LogP contribution in [0.25, 0.3) is 0 Å². The Labute approximate surface area is 140 Å². The first kappa shape index (κ1) is 17.2. The molecule has 25 heavy (non-hydrogen) atoms. The average Bonchev–Trinajstić information content (AvgIpc) is 2.84. The lowest BCUT2D eigenvalue weighted by Crippen LogP contribution is -2.52. The van der Waals surface area contributed by atoms with Crippen LogP contribution in [0.15, 0.2) is 12.1 Å². The van der Waals surface area contributed by atoms with Gasteiger partial charge < -0.3 is 9.64 Å². The van der Waals surface area contributed by atoms with E-state index in [2.05, 4.69) is 5.32 Å². The third-order valence-corrected chi connectivity index (χ3v) is 4.24. The van der Waals surface area contributed by atoms with Crippen molar-refractivity contribution in [3.8, 4) is 5.75 Å². The number of hydrogen-bond donors (Lipinski definition) is 1. The maximum Gasteiger partial charge on any atom is 0.419 e. The molecule has 1 N–H and O–H groups in total. The zero-order chi connectivity index (χ0) is 18.4. The number of piperidine rings is 1. The molecule has 2 aliphatic rings. The van der Waals surface area contributed by atoms with Crippen LogP contribution in [0.5, 0.6) is 5.75 Å². The van der Waals surface area contributed by atoms with Gasteiger partial charge in [0.05, 0.1) is 17.7 Å². The third kappa shape index (κ3) is 2.94. The monoisotopic (exact) mass is 356 g/mol. The highest BCUT2D eigenvalue weighted by molar-refractivity contribution is 6.06. The van der Waals surface area contributed by atoms with Gasteiger partial charge in [-0.05, 0) is 25.0 Å². The first-order chi connectivity index (χ1) is 11.7. The molecule has 1 aromatic rings. The van der Waals surface area contributed by atoms with E-state index in [1.54, 1.807) is 0 Å². The van der Waals surface area contributed by atoms with Crippen LogP contribution in [-0.4, -0.2) is 35.3 Å². The molecule has 9 heteroatoms. The molecule has 2 aliphatic heterocycles. The number of halogens is 3. The van der Waals surface area contributed by atoms with Crippen molar-refractivity contribution >= 4 is 17.7 Å². The molecular weight excluding hydrogens is 341 g/mol. The van der Waals surface area contributed by atoms with Crippen molar-refractivity contribution in [3.05, 3.63) is 28.8 Å². The minimum absolute atomic E-state index is 0.00133. The minimum atomic E-state index is -4.66. The van der Waals surface area contributed by atoms with Crippen molar-refractivity contribution in [1.82, 2.24) is 10.2 Å². The van der Waals surface area contributed by atoms with E-state index in [9.17, 15) is 27.6 Å². The van der Waals surface area contributed by atoms with Gasteiger partial charge in [0.1, 0.15) is 11.8 Å². The van der Waals surface area contributed by atoms with Gasteiger partial charge in [-0.25, -0.2) is 0 Å². The van der Waals surface area contributed by atoms with Crippen LogP contribution < -0.4 is 10.1 Å². The Morgan fingerprint density at radius 1 is 1.28 bits per heavy atom. The quantitative estimate of drug-likeness (QED) is 0.839. The summed E-state index contributed by atoms with van der Waals surface area (Å²) in [4.78, 5) is 37.1. The number of amides is 3. The van der Waals surface area contributed by atoms with E-state index in [0.717, 1.165) is 6.07 Å². The fourth-order valence-corrected chi connectivity index (χ4v) is 3.14. The lowest BCUT2D eigenvalue weighted by Gasteiger charge is -2.29. The van der Waals surface area contributed by atoms with Gasteiger partial charge in [0.25, 0.3) is 5.91 Å². The summed E-state index contributed by atoms with van der Waals surface area (Å²) >= 11 is 0. The molecule has 1 atom stereocenters. The van der Waals surface area contributed by atoms with Crippen molar-refractivity contribution in [2.75, 3.05) is 6.61 Å². The van der Waals surface area contributed by atoms with E-state index in [1.165, 1.54) is 17.9 Å². The highest BCUT2D eigenvalue weighted by Gasteiger charge is 2.44. The van der Waals surface area contributed by atoms with Crippen LogP contribution in [0.3, 0.4) is 0 Å². The van der Waals surface area contributed by atoms with E-state index in [-0.39, 0.29) is 31.6 Å². The summed E-state index contributed by atoms with van der Waals surface area (Å²) in [6.07, 6.45) is -4.45. The largest absolute Gasteiger partial charge is 0.492 e. The number of carbonyl (C=O) groups excluding carboxylic acids is 3. The van der Waals surface area contributed by atoms with Crippen molar-refractivity contribution in [1.29, 1.82) is 0 Å². The number of hydrogen-bond acceptors (Lipinski definition) is 4. The maximum atomic E-state index is 13.2. The van der Waals surface area contributed by atoms with Crippen molar-refractivity contribution in [3.63, 3.8) is 0 Å². The second kappa shape index (κ2) is 6.05. The number of rotatable bonds is 3. The average molecular weight is 356 g/mol. The number of imide groups is 1. The first-order valence-corrected chi connectivity index (χ1v) is 7.74. The van der Waals surface area contributed by atoms with Gasteiger partial charge in [-0.1, -0.05) is 6.07 Å². The number of benzene rings is 1. The molecule has 0 aliphatic carbocycles. The minimum Gasteiger partial charge on any atom is -0.492 e. The van der Waals surface area contributed by atoms with Gasteiger partial charge in [0.15, 0.2) is 0 Å².